The number of benzene rings is 1. The summed E-state index contributed by atoms with van der Waals surface area (Å²) in [5.74, 6) is 0. The number of aryl methyl sites for hydroxylation is 1. The molecule has 0 fully saturated rings. The Balaban J connectivity index is 2.84. The van der Waals surface area contributed by atoms with Crippen LogP contribution in [0, 0.1) is 6.92 Å². The Labute approximate surface area is 79.0 Å². The summed E-state index contributed by atoms with van der Waals surface area (Å²) >= 11 is 0. The maximum Gasteiger partial charge on any atom is 0.207 e. The monoisotopic (exact) mass is 177 g/mol. The normalized spacial score (nSPS) is 12.2. The molecule has 70 valence electrons. The fourth-order valence-corrected chi connectivity index (χ4v) is 1.42. The average molecular weight is 177 g/mol. The quantitative estimate of drug-likeness (QED) is 0.702. The number of carbonyl (C=O) groups excluding carboxylic acids is 1. The molecule has 0 aliphatic rings. The zero-order valence-corrected chi connectivity index (χ0v) is 8.08. The molecule has 0 saturated heterocycles. The van der Waals surface area contributed by atoms with E-state index in [9.17, 15) is 4.79 Å². The summed E-state index contributed by atoms with van der Waals surface area (Å²) in [5, 5.41) is 2.80. The molecule has 1 atom stereocenters. The van der Waals surface area contributed by atoms with E-state index in [-0.39, 0.29) is 6.04 Å². The van der Waals surface area contributed by atoms with Crippen LogP contribution in [-0.2, 0) is 4.79 Å². The maximum absolute atomic E-state index is 10.3. The van der Waals surface area contributed by atoms with Gasteiger partial charge in [0.05, 0.1) is 6.04 Å². The molecule has 2 heteroatoms. The molecule has 13 heavy (non-hydrogen) atoms. The first kappa shape index (κ1) is 9.78. The smallest absolute Gasteiger partial charge is 0.207 e. The van der Waals surface area contributed by atoms with Crippen molar-refractivity contribution in [3.05, 3.63) is 35.4 Å². The van der Waals surface area contributed by atoms with E-state index in [1.807, 2.05) is 12.1 Å². The van der Waals surface area contributed by atoms with Gasteiger partial charge in [-0.05, 0) is 18.9 Å². The van der Waals surface area contributed by atoms with Crippen molar-refractivity contribution in [2.24, 2.45) is 0 Å². The highest BCUT2D eigenvalue weighted by Crippen LogP contribution is 2.16. The van der Waals surface area contributed by atoms with Crippen LogP contribution in [-0.4, -0.2) is 6.41 Å². The Morgan fingerprint density at radius 3 is 2.85 bits per heavy atom. The van der Waals surface area contributed by atoms with Crippen molar-refractivity contribution < 1.29 is 4.79 Å². The molecule has 0 saturated carbocycles. The topological polar surface area (TPSA) is 29.1 Å². The largest absolute Gasteiger partial charge is 0.352 e. The van der Waals surface area contributed by atoms with Gasteiger partial charge in [-0.2, -0.15) is 0 Å². The lowest BCUT2D eigenvalue weighted by molar-refractivity contribution is -0.110. The van der Waals surface area contributed by atoms with Crippen LogP contribution in [0.4, 0.5) is 0 Å². The minimum atomic E-state index is 0.150. The first-order valence-corrected chi connectivity index (χ1v) is 4.54. The van der Waals surface area contributed by atoms with Gasteiger partial charge in [0, 0.05) is 0 Å². The van der Waals surface area contributed by atoms with E-state index in [0.717, 1.165) is 12.8 Å². The third kappa shape index (κ3) is 2.58. The minimum Gasteiger partial charge on any atom is -0.352 e. The lowest BCUT2D eigenvalue weighted by Gasteiger charge is -2.14. The molecule has 1 amide bonds. The number of hydrogen-bond donors (Lipinski definition) is 1. The van der Waals surface area contributed by atoms with Gasteiger partial charge in [0.1, 0.15) is 0 Å². The lowest BCUT2D eigenvalue weighted by Crippen LogP contribution is -2.18. The van der Waals surface area contributed by atoms with Gasteiger partial charge in [-0.25, -0.2) is 0 Å². The zero-order valence-electron chi connectivity index (χ0n) is 8.08. The highest BCUT2D eigenvalue weighted by Gasteiger charge is 2.06. The summed E-state index contributed by atoms with van der Waals surface area (Å²) in [5.41, 5.74) is 2.40. The summed E-state index contributed by atoms with van der Waals surface area (Å²) in [7, 11) is 0. The Bertz CT molecular complexity index is 283. The summed E-state index contributed by atoms with van der Waals surface area (Å²) in [6, 6.07) is 8.36. The Morgan fingerprint density at radius 2 is 2.31 bits per heavy atom. The maximum atomic E-state index is 10.3. The van der Waals surface area contributed by atoms with Crippen molar-refractivity contribution in [1.29, 1.82) is 0 Å². The molecule has 0 aliphatic carbocycles. The Hall–Kier alpha value is -1.31. The van der Waals surface area contributed by atoms with Gasteiger partial charge in [0.15, 0.2) is 0 Å². The molecule has 0 aromatic heterocycles. The van der Waals surface area contributed by atoms with Gasteiger partial charge in [-0.3, -0.25) is 4.79 Å². The number of rotatable bonds is 4. The molecule has 0 heterocycles. The Morgan fingerprint density at radius 1 is 1.54 bits per heavy atom. The van der Waals surface area contributed by atoms with E-state index < -0.39 is 0 Å². The van der Waals surface area contributed by atoms with Crippen LogP contribution >= 0.6 is 0 Å². The van der Waals surface area contributed by atoms with E-state index in [1.165, 1.54) is 11.1 Å². The van der Waals surface area contributed by atoms with Crippen LogP contribution in [0.1, 0.15) is 30.5 Å². The fraction of sp³-hybridized carbons (Fsp3) is 0.364. The molecule has 1 rings (SSSR count). The van der Waals surface area contributed by atoms with Crippen LogP contribution in [0.5, 0.6) is 0 Å². The predicted molar refractivity (Wildman–Crippen MR) is 53.4 cm³/mol. The average Bonchev–Trinajstić information content (AvgIpc) is 2.14. The molecular weight excluding hydrogens is 162 g/mol. The second-order valence-corrected chi connectivity index (χ2v) is 3.16. The summed E-state index contributed by atoms with van der Waals surface area (Å²) in [6.07, 6.45) is 1.68. The third-order valence-electron chi connectivity index (χ3n) is 2.12. The van der Waals surface area contributed by atoms with Gasteiger partial charge in [0.25, 0.3) is 0 Å². The highest BCUT2D eigenvalue weighted by atomic mass is 16.1. The van der Waals surface area contributed by atoms with E-state index in [4.69, 9.17) is 0 Å². The Kier molecular flexibility index (Phi) is 3.50. The molecule has 1 N–H and O–H groups in total. The first-order chi connectivity index (χ1) is 6.27. The molecule has 1 aromatic carbocycles. The molecule has 0 unspecified atom stereocenters. The summed E-state index contributed by atoms with van der Waals surface area (Å²) < 4.78 is 0. The molecule has 0 bridgehead atoms. The van der Waals surface area contributed by atoms with E-state index in [1.54, 1.807) is 0 Å². The lowest BCUT2D eigenvalue weighted by atomic mass is 10.0. The van der Waals surface area contributed by atoms with Crippen molar-refractivity contribution in [3.8, 4) is 0 Å². The van der Waals surface area contributed by atoms with Crippen LogP contribution in [0.2, 0.25) is 0 Å². The first-order valence-electron chi connectivity index (χ1n) is 4.54. The third-order valence-corrected chi connectivity index (χ3v) is 2.12. The van der Waals surface area contributed by atoms with E-state index in [2.05, 4.69) is 31.3 Å². The van der Waals surface area contributed by atoms with Crippen molar-refractivity contribution in [2.75, 3.05) is 0 Å². The van der Waals surface area contributed by atoms with E-state index in [0.29, 0.717) is 0 Å². The molecule has 0 aliphatic heterocycles. The number of amides is 1. The zero-order chi connectivity index (χ0) is 9.68. The van der Waals surface area contributed by atoms with Gasteiger partial charge >= 0.3 is 0 Å². The molecule has 2 nitrogen and oxygen atoms in total. The summed E-state index contributed by atoms with van der Waals surface area (Å²) in [4.78, 5) is 10.3. The van der Waals surface area contributed by atoms with Crippen molar-refractivity contribution in [3.63, 3.8) is 0 Å². The number of nitrogens with one attached hydrogen (secondary N) is 1. The van der Waals surface area contributed by atoms with Gasteiger partial charge in [0.2, 0.25) is 6.41 Å². The van der Waals surface area contributed by atoms with Crippen molar-refractivity contribution >= 4 is 6.41 Å². The highest BCUT2D eigenvalue weighted by molar-refractivity contribution is 5.47. The van der Waals surface area contributed by atoms with Crippen LogP contribution in [0.15, 0.2) is 24.3 Å². The van der Waals surface area contributed by atoms with Crippen molar-refractivity contribution in [2.45, 2.75) is 26.3 Å². The SMILES string of the molecule is CC[C@@H](NC=O)c1cccc(C)c1. The minimum absolute atomic E-state index is 0.150. The van der Waals surface area contributed by atoms with Crippen LogP contribution < -0.4 is 5.32 Å². The van der Waals surface area contributed by atoms with Gasteiger partial charge in [-0.1, -0.05) is 36.8 Å². The number of hydrogen-bond acceptors (Lipinski definition) is 1. The van der Waals surface area contributed by atoms with Gasteiger partial charge < -0.3 is 5.32 Å². The second kappa shape index (κ2) is 4.65. The standard InChI is InChI=1S/C11H15NO/c1-3-11(12-8-13)10-6-4-5-9(2)7-10/h4-8,11H,3H2,1-2H3,(H,12,13)/t11-/m1/s1. The predicted octanol–water partition coefficient (Wildman–Crippen LogP) is 2.19. The van der Waals surface area contributed by atoms with E-state index >= 15 is 0 Å². The molecule has 1 aromatic rings. The molecule has 0 radical (unpaired) electrons. The fourth-order valence-electron chi connectivity index (χ4n) is 1.42. The van der Waals surface area contributed by atoms with Crippen molar-refractivity contribution in [1.82, 2.24) is 5.32 Å². The van der Waals surface area contributed by atoms with Crippen LogP contribution in [0.3, 0.4) is 0 Å². The van der Waals surface area contributed by atoms with Gasteiger partial charge in [-0.15, -0.1) is 0 Å². The second-order valence-electron chi connectivity index (χ2n) is 3.16. The molecular formula is C11H15NO. The van der Waals surface area contributed by atoms with Crippen LogP contribution in [0.25, 0.3) is 0 Å². The number of carbonyl (C=O) groups is 1. The summed E-state index contributed by atoms with van der Waals surface area (Å²) in [6.45, 7) is 4.11. The molecule has 0 spiro atoms.